The Morgan fingerprint density at radius 3 is 3.16 bits per heavy atom. The molecule has 19 heavy (non-hydrogen) atoms. The molecule has 100 valence electrons. The van der Waals surface area contributed by atoms with Gasteiger partial charge >= 0.3 is 0 Å². The maximum atomic E-state index is 12.7. The molecule has 4 nitrogen and oxygen atoms in total. The van der Waals surface area contributed by atoms with Crippen LogP contribution < -0.4 is 0 Å². The molecule has 1 amide bonds. The van der Waals surface area contributed by atoms with Crippen LogP contribution in [0, 0.1) is 5.92 Å². The predicted molar refractivity (Wildman–Crippen MR) is 74.5 cm³/mol. The SMILES string of the molecule is CC1CCN(C(=O)c2cnn3ccccc23)C1CCl. The lowest BCUT2D eigenvalue weighted by atomic mass is 10.0. The van der Waals surface area contributed by atoms with Gasteiger partial charge in [0.15, 0.2) is 0 Å². The summed E-state index contributed by atoms with van der Waals surface area (Å²) in [6, 6.07) is 5.86. The van der Waals surface area contributed by atoms with Crippen LogP contribution in [0.15, 0.2) is 30.6 Å². The van der Waals surface area contributed by atoms with Gasteiger partial charge in [0.25, 0.3) is 5.91 Å². The molecule has 0 aliphatic carbocycles. The minimum absolute atomic E-state index is 0.0381. The summed E-state index contributed by atoms with van der Waals surface area (Å²) in [5.74, 6) is 0.992. The van der Waals surface area contributed by atoms with E-state index in [0.29, 0.717) is 17.4 Å². The molecule has 0 N–H and O–H groups in total. The van der Waals surface area contributed by atoms with Gasteiger partial charge in [-0.25, -0.2) is 4.52 Å². The lowest BCUT2D eigenvalue weighted by molar-refractivity contribution is 0.0739. The normalized spacial score (nSPS) is 23.2. The molecule has 2 aromatic rings. The molecule has 2 atom stereocenters. The Labute approximate surface area is 117 Å². The van der Waals surface area contributed by atoms with Crippen LogP contribution in [0.4, 0.5) is 0 Å². The van der Waals surface area contributed by atoms with Crippen LogP contribution in [0.5, 0.6) is 0 Å². The van der Waals surface area contributed by atoms with Crippen molar-refractivity contribution in [2.45, 2.75) is 19.4 Å². The summed E-state index contributed by atoms with van der Waals surface area (Å²) in [5.41, 5.74) is 1.50. The Kier molecular flexibility index (Phi) is 3.19. The van der Waals surface area contributed by atoms with Gasteiger partial charge in [0, 0.05) is 24.7 Å². The molecule has 1 aliphatic heterocycles. The zero-order valence-corrected chi connectivity index (χ0v) is 11.5. The topological polar surface area (TPSA) is 37.6 Å². The third-order valence-corrected chi connectivity index (χ3v) is 4.27. The summed E-state index contributed by atoms with van der Waals surface area (Å²) in [6.45, 7) is 2.93. The van der Waals surface area contributed by atoms with Gasteiger partial charge in [0.05, 0.1) is 17.3 Å². The number of nitrogens with zero attached hydrogens (tertiary/aromatic N) is 3. The minimum atomic E-state index is 0.0381. The first kappa shape index (κ1) is 12.5. The molecule has 2 unspecified atom stereocenters. The molecule has 0 aromatic carbocycles. The summed E-state index contributed by atoms with van der Waals surface area (Å²) in [4.78, 5) is 14.5. The smallest absolute Gasteiger partial charge is 0.257 e. The fourth-order valence-corrected chi connectivity index (χ4v) is 3.22. The van der Waals surface area contributed by atoms with Crippen LogP contribution in [0.3, 0.4) is 0 Å². The lowest BCUT2D eigenvalue weighted by Crippen LogP contribution is -2.38. The number of likely N-dealkylation sites (tertiary alicyclic amines) is 1. The quantitative estimate of drug-likeness (QED) is 0.791. The van der Waals surface area contributed by atoms with Crippen LogP contribution in [0.25, 0.3) is 5.52 Å². The molecule has 3 rings (SSSR count). The van der Waals surface area contributed by atoms with E-state index in [2.05, 4.69) is 12.0 Å². The number of rotatable bonds is 2. The van der Waals surface area contributed by atoms with Crippen molar-refractivity contribution in [1.29, 1.82) is 0 Å². The summed E-state index contributed by atoms with van der Waals surface area (Å²) < 4.78 is 1.72. The summed E-state index contributed by atoms with van der Waals surface area (Å²) >= 11 is 6.01. The molecule has 0 spiro atoms. The second kappa shape index (κ2) is 4.85. The number of alkyl halides is 1. The highest BCUT2D eigenvalue weighted by molar-refractivity contribution is 6.18. The van der Waals surface area contributed by atoms with Gasteiger partial charge in [0.1, 0.15) is 0 Å². The van der Waals surface area contributed by atoms with Gasteiger partial charge in [-0.2, -0.15) is 5.10 Å². The van der Waals surface area contributed by atoms with Crippen molar-refractivity contribution in [3.63, 3.8) is 0 Å². The van der Waals surface area contributed by atoms with E-state index >= 15 is 0 Å². The van der Waals surface area contributed by atoms with Gasteiger partial charge in [0.2, 0.25) is 0 Å². The van der Waals surface area contributed by atoms with Crippen molar-refractivity contribution in [3.05, 3.63) is 36.2 Å². The number of fused-ring (bicyclic) bond motifs is 1. The highest BCUT2D eigenvalue weighted by Crippen LogP contribution is 2.27. The van der Waals surface area contributed by atoms with Crippen molar-refractivity contribution in [1.82, 2.24) is 14.5 Å². The Hall–Kier alpha value is -1.55. The molecule has 2 aromatic heterocycles. The van der Waals surface area contributed by atoms with Crippen molar-refractivity contribution < 1.29 is 4.79 Å². The monoisotopic (exact) mass is 277 g/mol. The van der Waals surface area contributed by atoms with Gasteiger partial charge < -0.3 is 4.90 Å². The van der Waals surface area contributed by atoms with Gasteiger partial charge in [-0.05, 0) is 24.5 Å². The summed E-state index contributed by atoms with van der Waals surface area (Å²) in [7, 11) is 0. The van der Waals surface area contributed by atoms with E-state index in [9.17, 15) is 4.79 Å². The average Bonchev–Trinajstić information content (AvgIpc) is 3.01. The Bertz CT molecular complexity index is 610. The fraction of sp³-hybridized carbons (Fsp3) is 0.429. The van der Waals surface area contributed by atoms with Gasteiger partial charge in [-0.1, -0.05) is 13.0 Å². The van der Waals surface area contributed by atoms with E-state index in [4.69, 9.17) is 11.6 Å². The Morgan fingerprint density at radius 1 is 1.53 bits per heavy atom. The van der Waals surface area contributed by atoms with Crippen molar-refractivity contribution in [2.24, 2.45) is 5.92 Å². The number of aromatic nitrogens is 2. The van der Waals surface area contributed by atoms with Crippen LogP contribution >= 0.6 is 11.6 Å². The van der Waals surface area contributed by atoms with E-state index in [1.54, 1.807) is 10.7 Å². The number of carbonyl (C=O) groups is 1. The molecule has 3 heterocycles. The first-order chi connectivity index (χ1) is 9.22. The number of hydrogen-bond acceptors (Lipinski definition) is 2. The number of halogens is 1. The Morgan fingerprint density at radius 2 is 2.37 bits per heavy atom. The molecular formula is C14H16ClN3O. The van der Waals surface area contributed by atoms with E-state index in [1.807, 2.05) is 29.3 Å². The zero-order chi connectivity index (χ0) is 13.4. The second-order valence-corrected chi connectivity index (χ2v) is 5.38. The van der Waals surface area contributed by atoms with Crippen LogP contribution in [-0.2, 0) is 0 Å². The predicted octanol–water partition coefficient (Wildman–Crippen LogP) is 2.42. The maximum Gasteiger partial charge on any atom is 0.257 e. The molecular weight excluding hydrogens is 262 g/mol. The first-order valence-corrected chi connectivity index (χ1v) is 7.05. The molecule has 1 fully saturated rings. The standard InChI is InChI=1S/C14H16ClN3O/c1-10-5-7-17(13(10)8-15)14(19)11-9-16-18-6-3-2-4-12(11)18/h2-4,6,9-10,13H,5,7-8H2,1H3. The number of carbonyl (C=O) groups excluding carboxylic acids is 1. The third kappa shape index (κ3) is 2.00. The molecule has 0 bridgehead atoms. The Balaban J connectivity index is 1.96. The largest absolute Gasteiger partial charge is 0.334 e. The first-order valence-electron chi connectivity index (χ1n) is 6.51. The van der Waals surface area contributed by atoms with E-state index < -0.39 is 0 Å². The van der Waals surface area contributed by atoms with E-state index in [1.165, 1.54) is 0 Å². The second-order valence-electron chi connectivity index (χ2n) is 5.07. The van der Waals surface area contributed by atoms with Gasteiger partial charge in [-0.3, -0.25) is 4.79 Å². The van der Waals surface area contributed by atoms with Crippen molar-refractivity contribution in [3.8, 4) is 0 Å². The number of pyridine rings is 1. The lowest BCUT2D eigenvalue weighted by Gasteiger charge is -2.24. The van der Waals surface area contributed by atoms with Crippen molar-refractivity contribution in [2.75, 3.05) is 12.4 Å². The van der Waals surface area contributed by atoms with Gasteiger partial charge in [-0.15, -0.1) is 11.6 Å². The van der Waals surface area contributed by atoms with Crippen LogP contribution in [0.1, 0.15) is 23.7 Å². The molecule has 0 saturated carbocycles. The summed E-state index contributed by atoms with van der Waals surface area (Å²) in [5, 5.41) is 4.22. The zero-order valence-electron chi connectivity index (χ0n) is 10.8. The molecule has 1 aliphatic rings. The fourth-order valence-electron chi connectivity index (χ4n) is 2.75. The number of hydrogen-bond donors (Lipinski definition) is 0. The van der Waals surface area contributed by atoms with E-state index in [-0.39, 0.29) is 11.9 Å². The minimum Gasteiger partial charge on any atom is -0.334 e. The molecule has 5 heteroatoms. The van der Waals surface area contributed by atoms with Crippen LogP contribution in [-0.4, -0.2) is 38.9 Å². The maximum absolute atomic E-state index is 12.7. The van der Waals surface area contributed by atoms with Crippen molar-refractivity contribution >= 4 is 23.0 Å². The van der Waals surface area contributed by atoms with E-state index in [0.717, 1.165) is 18.5 Å². The highest BCUT2D eigenvalue weighted by Gasteiger charge is 2.35. The summed E-state index contributed by atoms with van der Waals surface area (Å²) in [6.07, 6.45) is 4.51. The molecule has 1 saturated heterocycles. The highest BCUT2D eigenvalue weighted by atomic mass is 35.5. The van der Waals surface area contributed by atoms with Crippen LogP contribution in [0.2, 0.25) is 0 Å². The number of amides is 1. The third-order valence-electron chi connectivity index (χ3n) is 3.96. The average molecular weight is 278 g/mol. The molecule has 0 radical (unpaired) electrons.